The van der Waals surface area contributed by atoms with E-state index in [4.69, 9.17) is 9.15 Å². The number of hydrogen-bond donors (Lipinski definition) is 1. The Balaban J connectivity index is 2.27. The lowest BCUT2D eigenvalue weighted by Crippen LogP contribution is -2.25. The summed E-state index contributed by atoms with van der Waals surface area (Å²) < 4.78 is 9.70. The highest BCUT2D eigenvalue weighted by molar-refractivity contribution is 5.74. The lowest BCUT2D eigenvalue weighted by atomic mass is 10.1. The van der Waals surface area contributed by atoms with Crippen LogP contribution in [0.1, 0.15) is 25.3 Å². The van der Waals surface area contributed by atoms with Crippen LogP contribution in [0.25, 0.3) is 0 Å². The monoisotopic (exact) mass is 212 g/mol. The van der Waals surface area contributed by atoms with Gasteiger partial charge in [-0.3, -0.25) is 0 Å². The van der Waals surface area contributed by atoms with Gasteiger partial charge in [-0.2, -0.15) is 0 Å². The molecule has 1 rings (SSSR count). The van der Waals surface area contributed by atoms with Crippen molar-refractivity contribution >= 4 is 5.97 Å². The van der Waals surface area contributed by atoms with E-state index < -0.39 is 12.1 Å². The van der Waals surface area contributed by atoms with Gasteiger partial charge in [-0.25, -0.2) is 4.79 Å². The average molecular weight is 212 g/mol. The summed E-state index contributed by atoms with van der Waals surface area (Å²) >= 11 is 0. The first kappa shape index (κ1) is 11.8. The molecule has 15 heavy (non-hydrogen) atoms. The number of furan rings is 1. The summed E-state index contributed by atoms with van der Waals surface area (Å²) in [4.78, 5) is 11.2. The first-order valence-corrected chi connectivity index (χ1v) is 5.09. The summed E-state index contributed by atoms with van der Waals surface area (Å²) in [6.07, 6.45) is 3.93. The molecular weight excluding hydrogens is 196 g/mol. The van der Waals surface area contributed by atoms with E-state index >= 15 is 0 Å². The van der Waals surface area contributed by atoms with E-state index in [2.05, 4.69) is 0 Å². The minimum Gasteiger partial charge on any atom is -0.472 e. The van der Waals surface area contributed by atoms with Crippen LogP contribution in [0.15, 0.2) is 23.0 Å². The van der Waals surface area contributed by atoms with Crippen molar-refractivity contribution in [2.45, 2.75) is 32.3 Å². The van der Waals surface area contributed by atoms with Crippen LogP contribution in [-0.4, -0.2) is 23.8 Å². The number of aliphatic hydroxyl groups is 1. The van der Waals surface area contributed by atoms with Gasteiger partial charge in [0.1, 0.15) is 0 Å². The fourth-order valence-electron chi connectivity index (χ4n) is 1.13. The molecule has 0 aliphatic heterocycles. The van der Waals surface area contributed by atoms with E-state index in [1.54, 1.807) is 6.07 Å². The van der Waals surface area contributed by atoms with Crippen LogP contribution in [-0.2, 0) is 16.0 Å². The van der Waals surface area contributed by atoms with Crippen molar-refractivity contribution in [3.63, 3.8) is 0 Å². The second kappa shape index (κ2) is 6.24. The highest BCUT2D eigenvalue weighted by Crippen LogP contribution is 2.05. The Morgan fingerprint density at radius 1 is 1.67 bits per heavy atom. The van der Waals surface area contributed by atoms with Crippen LogP contribution < -0.4 is 0 Å². The van der Waals surface area contributed by atoms with Crippen LogP contribution in [0.2, 0.25) is 0 Å². The fourth-order valence-corrected chi connectivity index (χ4v) is 1.13. The normalized spacial score (nSPS) is 12.4. The number of unbranched alkanes of at least 4 members (excludes halogenated alkanes) is 1. The molecule has 0 saturated heterocycles. The molecule has 0 aliphatic rings. The van der Waals surface area contributed by atoms with E-state index in [-0.39, 0.29) is 6.42 Å². The van der Waals surface area contributed by atoms with Crippen LogP contribution in [0.5, 0.6) is 0 Å². The fraction of sp³-hybridized carbons (Fsp3) is 0.545. The maximum Gasteiger partial charge on any atom is 0.335 e. The zero-order valence-electron chi connectivity index (χ0n) is 8.81. The molecule has 0 aliphatic carbocycles. The summed E-state index contributed by atoms with van der Waals surface area (Å²) in [5, 5.41) is 9.47. The van der Waals surface area contributed by atoms with Gasteiger partial charge < -0.3 is 14.3 Å². The third kappa shape index (κ3) is 4.16. The molecule has 0 spiro atoms. The molecule has 1 aromatic rings. The Morgan fingerprint density at radius 3 is 3.07 bits per heavy atom. The minimum atomic E-state index is -1.10. The molecule has 0 radical (unpaired) electrons. The predicted molar refractivity (Wildman–Crippen MR) is 54.3 cm³/mol. The van der Waals surface area contributed by atoms with Gasteiger partial charge in [0.2, 0.25) is 0 Å². The number of ether oxygens (including phenoxy) is 1. The quantitative estimate of drug-likeness (QED) is 0.573. The molecule has 1 N–H and O–H groups in total. The molecule has 0 aromatic carbocycles. The van der Waals surface area contributed by atoms with E-state index in [9.17, 15) is 9.90 Å². The Bertz CT molecular complexity index is 279. The molecule has 0 fully saturated rings. The predicted octanol–water partition coefficient (Wildman–Crippen LogP) is 1.53. The van der Waals surface area contributed by atoms with Gasteiger partial charge in [0, 0.05) is 6.42 Å². The standard InChI is InChI=1S/C11H16O4/c1-2-3-5-15-11(13)10(12)7-9-4-6-14-8-9/h4,6,8,10,12H,2-3,5,7H2,1H3. The van der Waals surface area contributed by atoms with Crippen LogP contribution in [0, 0.1) is 0 Å². The van der Waals surface area contributed by atoms with Crippen molar-refractivity contribution in [1.82, 2.24) is 0 Å². The van der Waals surface area contributed by atoms with Crippen molar-refractivity contribution in [3.8, 4) is 0 Å². The lowest BCUT2D eigenvalue weighted by Gasteiger charge is -2.08. The molecule has 1 heterocycles. The molecule has 0 amide bonds. The van der Waals surface area contributed by atoms with E-state index in [0.29, 0.717) is 6.61 Å². The molecule has 4 nitrogen and oxygen atoms in total. The van der Waals surface area contributed by atoms with E-state index in [1.807, 2.05) is 6.92 Å². The van der Waals surface area contributed by atoms with Gasteiger partial charge in [-0.1, -0.05) is 13.3 Å². The lowest BCUT2D eigenvalue weighted by molar-refractivity contribution is -0.153. The highest BCUT2D eigenvalue weighted by atomic mass is 16.5. The zero-order valence-corrected chi connectivity index (χ0v) is 8.81. The van der Waals surface area contributed by atoms with Gasteiger partial charge in [-0.05, 0) is 18.1 Å². The number of aliphatic hydroxyl groups excluding tert-OH is 1. The molecule has 84 valence electrons. The molecule has 1 aromatic heterocycles. The summed E-state index contributed by atoms with van der Waals surface area (Å²) in [5.74, 6) is -0.565. The van der Waals surface area contributed by atoms with Crippen molar-refractivity contribution < 1.29 is 19.1 Å². The Kier molecular flexibility index (Phi) is 4.90. The number of carbonyl (C=O) groups is 1. The SMILES string of the molecule is CCCCOC(=O)C(O)Cc1ccoc1. The Morgan fingerprint density at radius 2 is 2.47 bits per heavy atom. The molecule has 4 heteroatoms. The van der Waals surface area contributed by atoms with E-state index in [1.165, 1.54) is 12.5 Å². The number of rotatable bonds is 6. The summed E-state index contributed by atoms with van der Waals surface area (Å²) in [6, 6.07) is 1.71. The smallest absolute Gasteiger partial charge is 0.335 e. The zero-order chi connectivity index (χ0) is 11.1. The third-order valence-electron chi connectivity index (χ3n) is 2.02. The number of carbonyl (C=O) groups excluding carboxylic acids is 1. The first-order valence-electron chi connectivity index (χ1n) is 5.09. The maximum absolute atomic E-state index is 11.2. The van der Waals surface area contributed by atoms with Gasteiger partial charge in [-0.15, -0.1) is 0 Å². The molecule has 1 atom stereocenters. The Hall–Kier alpha value is -1.29. The van der Waals surface area contributed by atoms with Crippen LogP contribution >= 0.6 is 0 Å². The second-order valence-electron chi connectivity index (χ2n) is 3.37. The summed E-state index contributed by atoms with van der Waals surface area (Å²) in [6.45, 7) is 2.38. The van der Waals surface area contributed by atoms with Crippen molar-refractivity contribution in [2.75, 3.05) is 6.61 Å². The topological polar surface area (TPSA) is 59.7 Å². The molecule has 0 bridgehead atoms. The largest absolute Gasteiger partial charge is 0.472 e. The van der Waals surface area contributed by atoms with Crippen molar-refractivity contribution in [2.24, 2.45) is 0 Å². The summed E-state index contributed by atoms with van der Waals surface area (Å²) in [5.41, 5.74) is 0.787. The Labute approximate surface area is 88.8 Å². The molecular formula is C11H16O4. The second-order valence-corrected chi connectivity index (χ2v) is 3.37. The van der Waals surface area contributed by atoms with E-state index in [0.717, 1.165) is 18.4 Å². The minimum absolute atomic E-state index is 0.238. The van der Waals surface area contributed by atoms with Gasteiger partial charge >= 0.3 is 5.97 Å². The van der Waals surface area contributed by atoms with Crippen LogP contribution in [0.4, 0.5) is 0 Å². The van der Waals surface area contributed by atoms with Gasteiger partial charge in [0.25, 0.3) is 0 Å². The molecule has 0 saturated carbocycles. The number of esters is 1. The van der Waals surface area contributed by atoms with Gasteiger partial charge in [0.15, 0.2) is 6.10 Å². The first-order chi connectivity index (χ1) is 7.24. The van der Waals surface area contributed by atoms with Crippen LogP contribution in [0.3, 0.4) is 0 Å². The summed E-state index contributed by atoms with van der Waals surface area (Å²) in [7, 11) is 0. The maximum atomic E-state index is 11.2. The number of hydrogen-bond acceptors (Lipinski definition) is 4. The van der Waals surface area contributed by atoms with Crippen molar-refractivity contribution in [1.29, 1.82) is 0 Å². The van der Waals surface area contributed by atoms with Gasteiger partial charge in [0.05, 0.1) is 19.1 Å². The van der Waals surface area contributed by atoms with Crippen molar-refractivity contribution in [3.05, 3.63) is 24.2 Å². The average Bonchev–Trinajstić information content (AvgIpc) is 2.70. The molecule has 1 unspecified atom stereocenters. The third-order valence-corrected chi connectivity index (χ3v) is 2.02. The highest BCUT2D eigenvalue weighted by Gasteiger charge is 2.17.